The van der Waals surface area contributed by atoms with Crippen LogP contribution in [0, 0.1) is 5.92 Å². The number of nitrogens with one attached hydrogen (secondary N) is 1. The minimum atomic E-state index is -0.593. The second kappa shape index (κ2) is 3.96. The van der Waals surface area contributed by atoms with Crippen molar-refractivity contribution in [2.24, 2.45) is 5.92 Å². The number of hydrogen-bond donors (Lipinski definition) is 1. The summed E-state index contributed by atoms with van der Waals surface area (Å²) in [7, 11) is 3.26. The van der Waals surface area contributed by atoms with Crippen LogP contribution in [0.5, 0.6) is 0 Å². The van der Waals surface area contributed by atoms with Gasteiger partial charge in [0.15, 0.2) is 0 Å². The molecule has 0 saturated heterocycles. The monoisotopic (exact) mass is 218 g/mol. The van der Waals surface area contributed by atoms with Crippen LogP contribution >= 0.6 is 0 Å². The van der Waals surface area contributed by atoms with Gasteiger partial charge in [0, 0.05) is 19.8 Å². The normalized spacial score (nSPS) is 19.2. The van der Waals surface area contributed by atoms with Crippen LogP contribution in [0.3, 0.4) is 0 Å². The second-order valence-corrected chi connectivity index (χ2v) is 3.90. The van der Waals surface area contributed by atoms with Crippen molar-refractivity contribution in [1.29, 1.82) is 0 Å². The molecule has 0 bridgehead atoms. The summed E-state index contributed by atoms with van der Waals surface area (Å²) in [5, 5.41) is 2.53. The molecule has 84 valence electrons. The predicted octanol–water partition coefficient (Wildman–Crippen LogP) is 0.568. The fraction of sp³-hybridized carbons (Fsp3) is 0.333. The average molecular weight is 218 g/mol. The van der Waals surface area contributed by atoms with Crippen LogP contribution < -0.4 is 10.2 Å². The molecule has 2 rings (SSSR count). The third-order valence-electron chi connectivity index (χ3n) is 2.97. The first-order chi connectivity index (χ1) is 7.65. The highest BCUT2D eigenvalue weighted by Crippen LogP contribution is 2.29. The van der Waals surface area contributed by atoms with E-state index >= 15 is 0 Å². The Kier molecular flexibility index (Phi) is 2.64. The molecule has 1 aliphatic heterocycles. The van der Waals surface area contributed by atoms with E-state index in [1.807, 2.05) is 24.3 Å². The number of carbonyl (C=O) groups is 2. The quantitative estimate of drug-likeness (QED) is 0.700. The van der Waals surface area contributed by atoms with Crippen LogP contribution in [-0.4, -0.2) is 25.9 Å². The summed E-state index contributed by atoms with van der Waals surface area (Å²) >= 11 is 0. The summed E-state index contributed by atoms with van der Waals surface area (Å²) < 4.78 is 0. The molecule has 1 unspecified atom stereocenters. The highest BCUT2D eigenvalue weighted by atomic mass is 16.2. The first kappa shape index (κ1) is 10.7. The lowest BCUT2D eigenvalue weighted by molar-refractivity contribution is -0.133. The summed E-state index contributed by atoms with van der Waals surface area (Å²) in [6.07, 6.45) is 0.485. The van der Waals surface area contributed by atoms with Crippen LogP contribution in [0.4, 0.5) is 5.69 Å². The van der Waals surface area contributed by atoms with Gasteiger partial charge in [-0.25, -0.2) is 0 Å². The standard InChI is InChI=1S/C12H14N2O2/c1-13-11(15)9-7-8-5-3-4-6-10(8)14(2)12(9)16/h3-6,9H,7H2,1-2H3,(H,13,15). The SMILES string of the molecule is CNC(=O)C1Cc2ccccc2N(C)C1=O. The van der Waals surface area contributed by atoms with E-state index in [2.05, 4.69) is 5.32 Å². The summed E-state index contributed by atoms with van der Waals surface area (Å²) in [4.78, 5) is 25.1. The third kappa shape index (κ3) is 1.56. The molecule has 0 aliphatic carbocycles. The summed E-state index contributed by atoms with van der Waals surface area (Å²) in [6.45, 7) is 0. The molecule has 0 fully saturated rings. The van der Waals surface area contributed by atoms with E-state index in [1.54, 1.807) is 19.0 Å². The Morgan fingerprint density at radius 2 is 2.12 bits per heavy atom. The zero-order chi connectivity index (χ0) is 11.7. The van der Waals surface area contributed by atoms with Gasteiger partial charge in [-0.05, 0) is 18.1 Å². The van der Waals surface area contributed by atoms with Gasteiger partial charge in [-0.3, -0.25) is 9.59 Å². The van der Waals surface area contributed by atoms with Crippen molar-refractivity contribution in [3.63, 3.8) is 0 Å². The van der Waals surface area contributed by atoms with Crippen LogP contribution in [0.15, 0.2) is 24.3 Å². The smallest absolute Gasteiger partial charge is 0.239 e. The van der Waals surface area contributed by atoms with E-state index < -0.39 is 5.92 Å². The van der Waals surface area contributed by atoms with Crippen molar-refractivity contribution in [2.75, 3.05) is 19.0 Å². The Bertz CT molecular complexity index is 442. The summed E-state index contributed by atoms with van der Waals surface area (Å²) in [5.74, 6) is -0.950. The number of rotatable bonds is 1. The van der Waals surface area contributed by atoms with E-state index in [4.69, 9.17) is 0 Å². The molecule has 0 saturated carbocycles. The van der Waals surface area contributed by atoms with Gasteiger partial charge in [0.05, 0.1) is 0 Å². The van der Waals surface area contributed by atoms with E-state index in [0.717, 1.165) is 11.3 Å². The third-order valence-corrected chi connectivity index (χ3v) is 2.97. The Morgan fingerprint density at radius 1 is 1.44 bits per heavy atom. The maximum atomic E-state index is 12.0. The van der Waals surface area contributed by atoms with Crippen molar-refractivity contribution >= 4 is 17.5 Å². The van der Waals surface area contributed by atoms with E-state index in [1.165, 1.54) is 0 Å². The minimum absolute atomic E-state index is 0.141. The zero-order valence-corrected chi connectivity index (χ0v) is 9.36. The van der Waals surface area contributed by atoms with Gasteiger partial charge in [-0.15, -0.1) is 0 Å². The number of hydrogen-bond acceptors (Lipinski definition) is 2. The van der Waals surface area contributed by atoms with Gasteiger partial charge in [0.2, 0.25) is 11.8 Å². The molecule has 1 aromatic rings. The molecule has 0 radical (unpaired) electrons. The molecule has 1 aliphatic rings. The van der Waals surface area contributed by atoms with Gasteiger partial charge in [0.25, 0.3) is 0 Å². The van der Waals surface area contributed by atoms with Gasteiger partial charge >= 0.3 is 0 Å². The van der Waals surface area contributed by atoms with Gasteiger partial charge in [-0.2, -0.15) is 0 Å². The Morgan fingerprint density at radius 3 is 2.81 bits per heavy atom. The molecular weight excluding hydrogens is 204 g/mol. The summed E-state index contributed by atoms with van der Waals surface area (Å²) in [5.41, 5.74) is 1.94. The van der Waals surface area contributed by atoms with Gasteiger partial charge < -0.3 is 10.2 Å². The maximum absolute atomic E-state index is 12.0. The molecular formula is C12H14N2O2. The molecule has 2 amide bonds. The largest absolute Gasteiger partial charge is 0.358 e. The Balaban J connectivity index is 2.39. The molecule has 1 N–H and O–H groups in total. The lowest BCUT2D eigenvalue weighted by Gasteiger charge is -2.30. The number of nitrogens with zero attached hydrogens (tertiary/aromatic N) is 1. The van der Waals surface area contributed by atoms with Crippen molar-refractivity contribution in [3.05, 3.63) is 29.8 Å². The van der Waals surface area contributed by atoms with Crippen LogP contribution in [0.2, 0.25) is 0 Å². The van der Waals surface area contributed by atoms with Crippen molar-refractivity contribution in [3.8, 4) is 0 Å². The number of benzene rings is 1. The number of fused-ring (bicyclic) bond motifs is 1. The van der Waals surface area contributed by atoms with Crippen LogP contribution in [-0.2, 0) is 16.0 Å². The number of anilines is 1. The molecule has 1 aromatic carbocycles. The minimum Gasteiger partial charge on any atom is -0.358 e. The lowest BCUT2D eigenvalue weighted by Crippen LogP contribution is -2.45. The number of carbonyl (C=O) groups excluding carboxylic acids is 2. The van der Waals surface area contributed by atoms with Crippen LogP contribution in [0.25, 0.3) is 0 Å². The fourth-order valence-electron chi connectivity index (χ4n) is 2.05. The average Bonchev–Trinajstić information content (AvgIpc) is 2.33. The first-order valence-corrected chi connectivity index (χ1v) is 5.22. The van der Waals surface area contributed by atoms with E-state index in [9.17, 15) is 9.59 Å². The molecule has 0 aromatic heterocycles. The second-order valence-electron chi connectivity index (χ2n) is 3.90. The Labute approximate surface area is 94.2 Å². The first-order valence-electron chi connectivity index (χ1n) is 5.22. The fourth-order valence-corrected chi connectivity index (χ4v) is 2.05. The molecule has 1 heterocycles. The van der Waals surface area contributed by atoms with Crippen molar-refractivity contribution < 1.29 is 9.59 Å². The lowest BCUT2D eigenvalue weighted by atomic mass is 9.91. The predicted molar refractivity (Wildman–Crippen MR) is 61.1 cm³/mol. The molecule has 1 atom stereocenters. The topological polar surface area (TPSA) is 49.4 Å². The maximum Gasteiger partial charge on any atom is 0.239 e. The van der Waals surface area contributed by atoms with E-state index in [0.29, 0.717) is 6.42 Å². The highest BCUT2D eigenvalue weighted by molar-refractivity contribution is 6.09. The van der Waals surface area contributed by atoms with Gasteiger partial charge in [-0.1, -0.05) is 18.2 Å². The molecule has 4 nitrogen and oxygen atoms in total. The number of para-hydroxylation sites is 1. The number of amides is 2. The van der Waals surface area contributed by atoms with Crippen LogP contribution in [0.1, 0.15) is 5.56 Å². The van der Waals surface area contributed by atoms with Crippen molar-refractivity contribution in [2.45, 2.75) is 6.42 Å². The van der Waals surface area contributed by atoms with Crippen molar-refractivity contribution in [1.82, 2.24) is 5.32 Å². The molecule has 0 spiro atoms. The van der Waals surface area contributed by atoms with Gasteiger partial charge in [0.1, 0.15) is 5.92 Å². The molecule has 4 heteroatoms. The Hall–Kier alpha value is -1.84. The molecule has 16 heavy (non-hydrogen) atoms. The highest BCUT2D eigenvalue weighted by Gasteiger charge is 2.34. The van der Waals surface area contributed by atoms with E-state index in [-0.39, 0.29) is 11.8 Å². The zero-order valence-electron chi connectivity index (χ0n) is 9.36. The summed E-state index contributed by atoms with van der Waals surface area (Å²) in [6, 6.07) is 7.66.